The molecule has 0 saturated carbocycles. The van der Waals surface area contributed by atoms with Crippen LogP contribution in [0.2, 0.25) is 0 Å². The van der Waals surface area contributed by atoms with Gasteiger partial charge in [0.05, 0.1) is 159 Å². The Bertz CT molecular complexity index is 2320. The summed E-state index contributed by atoms with van der Waals surface area (Å²) in [6.45, 7) is 16.0. The van der Waals surface area contributed by atoms with Crippen LogP contribution in [0.5, 0.6) is 0 Å². The van der Waals surface area contributed by atoms with Crippen LogP contribution in [0, 0.1) is 5.92 Å². The third-order valence-electron chi connectivity index (χ3n) is 12.8. The minimum absolute atomic E-state index is 0.0110. The fourth-order valence-electron chi connectivity index (χ4n) is 8.13. The van der Waals surface area contributed by atoms with E-state index < -0.39 is 55.8 Å². The van der Waals surface area contributed by atoms with Gasteiger partial charge in [-0.05, 0) is 6.42 Å². The molecule has 0 saturated heterocycles. The second-order valence-electron chi connectivity index (χ2n) is 21.4. The molecule has 0 bridgehead atoms. The molecule has 32 nitrogen and oxygen atoms in total. The Kier molecular flexibility index (Phi) is 51.4. The number of alkyl halides is 3. The van der Waals surface area contributed by atoms with E-state index >= 15 is 0 Å². The first-order valence-corrected chi connectivity index (χ1v) is 37.7. The molecule has 33 heteroatoms. The summed E-state index contributed by atoms with van der Waals surface area (Å²) >= 11 is -1.48. The summed E-state index contributed by atoms with van der Waals surface area (Å²) in [5.41, 5.74) is 14.5. The van der Waals surface area contributed by atoms with Crippen LogP contribution in [-0.4, -0.2) is 280 Å². The van der Waals surface area contributed by atoms with Gasteiger partial charge in [-0.1, -0.05) is 20.8 Å². The predicted molar refractivity (Wildman–Crippen MR) is 358 cm³/mol. The van der Waals surface area contributed by atoms with Crippen molar-refractivity contribution in [1.29, 1.82) is 0 Å². The number of aliphatic hydroxyl groups excluding tert-OH is 1. The molecule has 0 aliphatic heterocycles. The number of ether oxygens (including phenoxy) is 14. The Morgan fingerprint density at radius 1 is 0.681 bits per heavy atom. The number of aliphatic hydroxyl groups is 1. The Hall–Kier alpha value is -5.22. The second kappa shape index (κ2) is 56.9. The smallest absolute Gasteiger partial charge is 0.0603 e. The third kappa shape index (κ3) is 45.3. The molecule has 542 valence electrons. The number of carbonyl (C=O) groups excluding carboxylic acids is 5. The molecule has 0 spiro atoms. The minimum Gasteiger partial charge on any atom is -0.0603 e. The van der Waals surface area contributed by atoms with Crippen LogP contribution in [-0.2, 0) is 105 Å². The number of nitrogens with one attached hydrogen (secondary N) is 4. The first-order chi connectivity index (χ1) is 45.6. The van der Waals surface area contributed by atoms with Crippen LogP contribution >= 0.6 is 19.8 Å². The standard InChI is InChI=1S/C61H111IN12O20/c1-7-17-82-18-12-56(76)69-57(49(2)3)59(78)68-55(9-8-13-66-60(64)79)58(77)67-53-11-10-50(43-62(4)5)51(42-53)44-72(45-52(63)46-73(65)14-19-83-24-27-87-32-34-89-29-26-85-21-16-75)61(80)94-48-54-47-74(71-70-54)15-20-84-25-28-88-33-35-91-38-39-93-41-40-92-37-36-90-31-30-86-23-22-81-6/h10-11,42,46-47,49,55,57,75H,7-9,12-41,43-45,48,63,65H2,1-6H3,(H,67,77)(H,68,78)(H,69,76)(H3,64,66,79)/b52-46-/t55-,57-/m0/s1. The average molecular weight is 1460 g/mol. The zero-order valence-electron chi connectivity index (χ0n) is 56.3. The maximum atomic E-state index is 14.3. The molecule has 2 atom stereocenters. The number of hydrazine groups is 1. The fourth-order valence-corrected chi connectivity index (χ4v) is 10.5. The van der Waals surface area contributed by atoms with Gasteiger partial charge in [-0.15, -0.1) is 0 Å². The van der Waals surface area contributed by atoms with Crippen molar-refractivity contribution in [3.05, 3.63) is 53.1 Å². The number of benzene rings is 1. The van der Waals surface area contributed by atoms with Crippen LogP contribution < -0.4 is 38.6 Å². The van der Waals surface area contributed by atoms with E-state index in [9.17, 15) is 24.0 Å². The number of methoxy groups -OCH3 is 1. The normalized spacial score (nSPS) is 12.4. The number of nitrogens with zero attached hydrogens (tertiary/aromatic N) is 5. The van der Waals surface area contributed by atoms with E-state index in [2.05, 4.69) is 41.4 Å². The second-order valence-corrected chi connectivity index (χ2v) is 27.4. The molecule has 0 aliphatic rings. The zero-order chi connectivity index (χ0) is 68.7. The minimum atomic E-state index is -1.48. The quantitative estimate of drug-likeness (QED) is 0.0152. The van der Waals surface area contributed by atoms with Gasteiger partial charge in [-0.2, -0.15) is 0 Å². The molecule has 1 aromatic heterocycles. The molecule has 0 radical (unpaired) electrons. The van der Waals surface area contributed by atoms with Crippen molar-refractivity contribution in [3.8, 4) is 0 Å². The average Bonchev–Trinajstić information content (AvgIpc) is 1.03. The van der Waals surface area contributed by atoms with Gasteiger partial charge >= 0.3 is 275 Å². The molecule has 2 rings (SSSR count). The summed E-state index contributed by atoms with van der Waals surface area (Å²) in [4.78, 5) is 72.7. The van der Waals surface area contributed by atoms with Crippen LogP contribution in [0.3, 0.4) is 0 Å². The maximum absolute atomic E-state index is 14.3. The molecule has 2 aromatic rings. The predicted octanol–water partition coefficient (Wildman–Crippen LogP) is 1.31. The number of nitrogens with two attached hydrogens (primary N) is 3. The summed E-state index contributed by atoms with van der Waals surface area (Å²) in [7, 11) is 1.63. The fraction of sp³-hybridized carbons (Fsp3) is 0.754. The Morgan fingerprint density at radius 3 is 1.73 bits per heavy atom. The number of urea groups is 1. The van der Waals surface area contributed by atoms with Crippen LogP contribution in [0.25, 0.3) is 0 Å². The number of aromatic nitrogens is 3. The van der Waals surface area contributed by atoms with E-state index in [-0.39, 0.29) is 96.0 Å². The number of anilines is 1. The van der Waals surface area contributed by atoms with Crippen molar-refractivity contribution < 1.29 is 95.4 Å². The summed E-state index contributed by atoms with van der Waals surface area (Å²) in [6.07, 6.45) is 3.66. The van der Waals surface area contributed by atoms with Gasteiger partial charge in [-0.3, -0.25) is 4.79 Å². The van der Waals surface area contributed by atoms with E-state index in [0.29, 0.717) is 169 Å². The van der Waals surface area contributed by atoms with Crippen molar-refractivity contribution >= 4 is 55.4 Å². The third-order valence-corrected chi connectivity index (χ3v) is 15.1. The summed E-state index contributed by atoms with van der Waals surface area (Å²) in [5, 5.41) is 29.6. The summed E-state index contributed by atoms with van der Waals surface area (Å²) < 4.78 is 79.2. The van der Waals surface area contributed by atoms with Gasteiger partial charge in [0, 0.05) is 20.1 Å². The van der Waals surface area contributed by atoms with Crippen molar-refractivity contribution in [1.82, 2.24) is 40.9 Å². The number of carbonyl (C=O) groups is 5. The van der Waals surface area contributed by atoms with Crippen LogP contribution in [0.15, 0.2) is 36.3 Å². The number of hydrogen-bond donors (Lipinski definition) is 8. The van der Waals surface area contributed by atoms with E-state index in [1.165, 1.54) is 16.1 Å². The molecule has 0 fully saturated rings. The van der Waals surface area contributed by atoms with Gasteiger partial charge in [-0.25, -0.2) is 4.79 Å². The van der Waals surface area contributed by atoms with Crippen LogP contribution in [0.1, 0.15) is 63.3 Å². The molecular weight excluding hydrogens is 1350 g/mol. The zero-order valence-corrected chi connectivity index (χ0v) is 58.5. The first kappa shape index (κ1) is 84.9. The molecular formula is C61H111IN12O20. The molecule has 1 aromatic carbocycles. The van der Waals surface area contributed by atoms with E-state index in [4.69, 9.17) is 88.7 Å². The molecule has 1 heterocycles. The molecule has 0 aliphatic carbocycles. The van der Waals surface area contributed by atoms with E-state index in [1.54, 1.807) is 44.0 Å². The van der Waals surface area contributed by atoms with Crippen LogP contribution in [0.4, 0.5) is 15.3 Å². The summed E-state index contributed by atoms with van der Waals surface area (Å²) in [6, 6.07) is 2.63. The van der Waals surface area contributed by atoms with E-state index in [0.717, 1.165) is 16.4 Å². The first-order valence-electron chi connectivity index (χ1n) is 31.9. The van der Waals surface area contributed by atoms with Gasteiger partial charge in [0.25, 0.3) is 0 Å². The topological polar surface area (TPSA) is 398 Å². The van der Waals surface area contributed by atoms with Crippen molar-refractivity contribution in [2.24, 2.45) is 23.2 Å². The number of amides is 6. The number of rotatable bonds is 62. The monoisotopic (exact) mass is 1460 g/mol. The molecule has 11 N–H and O–H groups in total. The van der Waals surface area contributed by atoms with Crippen molar-refractivity contribution in [2.75, 3.05) is 214 Å². The molecule has 94 heavy (non-hydrogen) atoms. The van der Waals surface area contributed by atoms with Crippen molar-refractivity contribution in [3.63, 3.8) is 0 Å². The van der Waals surface area contributed by atoms with E-state index in [1.807, 2.05) is 13.0 Å². The Morgan fingerprint density at radius 2 is 1.21 bits per heavy atom. The number of primary amides is 1. The number of hydrogen-bond acceptors (Lipinski definition) is 25. The Balaban J connectivity index is 2.11. The van der Waals surface area contributed by atoms with Gasteiger partial charge < -0.3 is 67.7 Å². The SMILES string of the molecule is CCCOCCC(=O)N[C@H](C(=O)N[C@@H](CCCNC(N)=O)C(=O)Nc1ccc(CI(C)C)c(CN(C/C(N)=C/N(N)CCOCCOCCOCCOCCO)C(=O)OCc2cn(CCOCCOCCOCCOCCOCCOCCOCCOC)nn2)c1)C(C)C. The molecule has 0 unspecified atom stereocenters. The molecule has 6 amide bonds. The van der Waals surface area contributed by atoms with Gasteiger partial charge in [0.1, 0.15) is 0 Å². The summed E-state index contributed by atoms with van der Waals surface area (Å²) in [5.74, 6) is 4.50. The van der Waals surface area contributed by atoms with Gasteiger partial charge in [0.15, 0.2) is 0 Å². The van der Waals surface area contributed by atoms with Crippen molar-refractivity contribution in [2.45, 2.75) is 82.7 Å². The van der Waals surface area contributed by atoms with Gasteiger partial charge in [0.2, 0.25) is 5.91 Å². The Labute approximate surface area is 561 Å². The number of halogens is 1.